The number of carbonyl (C=O) groups is 1. The summed E-state index contributed by atoms with van der Waals surface area (Å²) in [4.78, 5) is 12.9. The molecule has 4 fully saturated rings. The van der Waals surface area contributed by atoms with Gasteiger partial charge in [-0.2, -0.15) is 0 Å². The first-order valence-corrected chi connectivity index (χ1v) is 13.8. The molecule has 0 aromatic rings. The number of carbonyl (C=O) groups excluding carboxylic acids is 1. The van der Waals surface area contributed by atoms with Crippen molar-refractivity contribution >= 4 is 5.78 Å². The lowest BCUT2D eigenvalue weighted by Gasteiger charge is -2.71. The predicted octanol–water partition coefficient (Wildman–Crippen LogP) is 6.32. The summed E-state index contributed by atoms with van der Waals surface area (Å²) in [6, 6.07) is 0. The number of allylic oxidation sites excluding steroid dienone is 2. The molecule has 0 aliphatic heterocycles. The highest BCUT2D eigenvalue weighted by Crippen LogP contribution is 2.75. The van der Waals surface area contributed by atoms with Gasteiger partial charge in [0.2, 0.25) is 0 Å². The van der Waals surface area contributed by atoms with Crippen LogP contribution in [0.5, 0.6) is 0 Å². The van der Waals surface area contributed by atoms with Gasteiger partial charge in [-0.3, -0.25) is 4.79 Å². The summed E-state index contributed by atoms with van der Waals surface area (Å²) in [6.07, 6.45) is 13.2. The van der Waals surface area contributed by atoms with Crippen LogP contribution in [0.2, 0.25) is 0 Å². The van der Waals surface area contributed by atoms with E-state index in [4.69, 9.17) is 0 Å². The highest BCUT2D eigenvalue weighted by Gasteiger charge is 2.68. The Labute approximate surface area is 201 Å². The van der Waals surface area contributed by atoms with E-state index < -0.39 is 0 Å². The number of aliphatic hydroxyl groups excluding tert-OH is 2. The molecule has 0 amide bonds. The lowest BCUT2D eigenvalue weighted by Crippen LogP contribution is -2.64. The molecule has 0 aromatic carbocycles. The number of rotatable bonds is 2. The molecular weight excluding hydrogens is 408 g/mol. The fourth-order valence-corrected chi connectivity index (χ4v) is 10.5. The van der Waals surface area contributed by atoms with Crippen molar-refractivity contribution in [2.45, 2.75) is 106 Å². The molecule has 5 aliphatic rings. The third kappa shape index (κ3) is 2.90. The first-order valence-electron chi connectivity index (χ1n) is 13.8. The summed E-state index contributed by atoms with van der Waals surface area (Å²) in [6.45, 7) is 14.9. The van der Waals surface area contributed by atoms with Gasteiger partial charge in [-0.05, 0) is 97.2 Å². The molecule has 5 rings (SSSR count). The SMILES string of the molecule is CC1(C)C(=O)CC[C@]2(C)[C@H]3CC=C4[C@@H]5C[C@](C)(CO)CC[C@]5(CO)CC[C@@]4(C)[C@]3(C)CC[C@@H]12. The predicted molar refractivity (Wildman–Crippen MR) is 133 cm³/mol. The Morgan fingerprint density at radius 2 is 1.58 bits per heavy atom. The van der Waals surface area contributed by atoms with Gasteiger partial charge in [0.25, 0.3) is 0 Å². The van der Waals surface area contributed by atoms with Crippen molar-refractivity contribution in [3.8, 4) is 0 Å². The molecule has 5 aliphatic carbocycles. The third-order valence-electron chi connectivity index (χ3n) is 13.1. The fraction of sp³-hybridized carbons (Fsp3) is 0.900. The van der Waals surface area contributed by atoms with Crippen LogP contribution in [0.15, 0.2) is 11.6 Å². The van der Waals surface area contributed by atoms with E-state index in [-0.39, 0.29) is 45.7 Å². The summed E-state index contributed by atoms with van der Waals surface area (Å²) in [7, 11) is 0. The second-order valence-corrected chi connectivity index (χ2v) is 14.7. The van der Waals surface area contributed by atoms with Gasteiger partial charge in [-0.25, -0.2) is 0 Å². The van der Waals surface area contributed by atoms with E-state index in [1.165, 1.54) is 12.8 Å². The smallest absolute Gasteiger partial charge is 0.138 e. The zero-order valence-corrected chi connectivity index (χ0v) is 22.1. The molecule has 0 aromatic heterocycles. The topological polar surface area (TPSA) is 57.5 Å². The average Bonchev–Trinajstić information content (AvgIpc) is 2.77. The minimum Gasteiger partial charge on any atom is -0.396 e. The zero-order valence-electron chi connectivity index (χ0n) is 22.1. The van der Waals surface area contributed by atoms with Crippen molar-refractivity contribution in [1.29, 1.82) is 0 Å². The molecule has 3 nitrogen and oxygen atoms in total. The average molecular weight is 457 g/mol. The van der Waals surface area contributed by atoms with Crippen LogP contribution in [0.1, 0.15) is 106 Å². The van der Waals surface area contributed by atoms with Crippen molar-refractivity contribution in [2.75, 3.05) is 13.2 Å². The Balaban J connectivity index is 1.58. The van der Waals surface area contributed by atoms with Crippen LogP contribution in [0, 0.1) is 50.2 Å². The number of aliphatic hydroxyl groups is 2. The van der Waals surface area contributed by atoms with Crippen LogP contribution in [-0.4, -0.2) is 29.2 Å². The maximum absolute atomic E-state index is 12.9. The number of Topliss-reactive ketones (excluding diaryl/α,β-unsaturated/α-hetero) is 1. The van der Waals surface area contributed by atoms with E-state index in [1.54, 1.807) is 5.57 Å². The van der Waals surface area contributed by atoms with Gasteiger partial charge in [0.1, 0.15) is 5.78 Å². The molecule has 33 heavy (non-hydrogen) atoms. The molecule has 0 unspecified atom stereocenters. The van der Waals surface area contributed by atoms with Crippen LogP contribution in [0.4, 0.5) is 0 Å². The van der Waals surface area contributed by atoms with Crippen molar-refractivity contribution < 1.29 is 15.0 Å². The Bertz CT molecular complexity index is 874. The van der Waals surface area contributed by atoms with E-state index >= 15 is 0 Å². The Hall–Kier alpha value is -0.670. The van der Waals surface area contributed by atoms with Crippen LogP contribution < -0.4 is 0 Å². The summed E-state index contributed by atoms with van der Waals surface area (Å²) in [5.74, 6) is 1.96. The maximum Gasteiger partial charge on any atom is 0.138 e. The standard InChI is InChI=1S/C30H48O3/c1-25(2)22-9-12-29(6)23(27(22,4)11-10-24(25)33)8-7-20-21-17-26(3,18-31)13-15-30(21,19-32)16-14-28(20,29)5/h7,21-23,31-32H,8-19H2,1-6H3/t21-,22-,23+,26+,27-,28+,29+,30+/m0/s1. The molecule has 0 saturated heterocycles. The number of fused-ring (bicyclic) bond motifs is 7. The summed E-state index contributed by atoms with van der Waals surface area (Å²) >= 11 is 0. The van der Waals surface area contributed by atoms with Gasteiger partial charge in [0.15, 0.2) is 0 Å². The van der Waals surface area contributed by atoms with Crippen molar-refractivity contribution in [2.24, 2.45) is 50.2 Å². The second kappa shape index (κ2) is 7.19. The van der Waals surface area contributed by atoms with Crippen LogP contribution in [-0.2, 0) is 4.79 Å². The van der Waals surface area contributed by atoms with Gasteiger partial charge in [0, 0.05) is 30.5 Å². The van der Waals surface area contributed by atoms with E-state index in [1.807, 2.05) is 0 Å². The molecule has 8 atom stereocenters. The third-order valence-corrected chi connectivity index (χ3v) is 13.1. The fourth-order valence-electron chi connectivity index (χ4n) is 10.5. The van der Waals surface area contributed by atoms with E-state index in [0.717, 1.165) is 51.4 Å². The van der Waals surface area contributed by atoms with Gasteiger partial charge >= 0.3 is 0 Å². The summed E-state index contributed by atoms with van der Waals surface area (Å²) in [5.41, 5.74) is 1.98. The van der Waals surface area contributed by atoms with E-state index in [9.17, 15) is 15.0 Å². The Morgan fingerprint density at radius 1 is 0.879 bits per heavy atom. The monoisotopic (exact) mass is 456 g/mol. The lowest BCUT2D eigenvalue weighted by molar-refractivity contribution is -0.187. The lowest BCUT2D eigenvalue weighted by atomic mass is 9.33. The molecule has 0 radical (unpaired) electrons. The number of ketones is 1. The Kier molecular flexibility index (Phi) is 5.24. The molecular formula is C30H48O3. The molecule has 0 spiro atoms. The van der Waals surface area contributed by atoms with Crippen LogP contribution in [0.25, 0.3) is 0 Å². The normalized spacial score (nSPS) is 53.3. The van der Waals surface area contributed by atoms with Gasteiger partial charge in [-0.1, -0.05) is 53.2 Å². The number of hydrogen-bond acceptors (Lipinski definition) is 3. The quantitative estimate of drug-likeness (QED) is 0.478. The number of hydrogen-bond donors (Lipinski definition) is 2. The second-order valence-electron chi connectivity index (χ2n) is 14.7. The first-order chi connectivity index (χ1) is 15.3. The Morgan fingerprint density at radius 3 is 2.24 bits per heavy atom. The van der Waals surface area contributed by atoms with E-state index in [0.29, 0.717) is 23.5 Å². The zero-order chi connectivity index (χ0) is 24.1. The minimum absolute atomic E-state index is 0.00354. The molecule has 2 N–H and O–H groups in total. The first kappa shape index (κ1) is 24.0. The highest BCUT2D eigenvalue weighted by molar-refractivity contribution is 5.85. The van der Waals surface area contributed by atoms with Crippen LogP contribution in [0.3, 0.4) is 0 Å². The summed E-state index contributed by atoms with van der Waals surface area (Å²) < 4.78 is 0. The van der Waals surface area contributed by atoms with Crippen LogP contribution >= 0.6 is 0 Å². The molecule has 0 heterocycles. The summed E-state index contributed by atoms with van der Waals surface area (Å²) in [5, 5.41) is 20.9. The molecule has 4 saturated carbocycles. The van der Waals surface area contributed by atoms with Gasteiger partial charge < -0.3 is 10.2 Å². The van der Waals surface area contributed by atoms with Gasteiger partial charge in [0.05, 0.1) is 0 Å². The van der Waals surface area contributed by atoms with Gasteiger partial charge in [-0.15, -0.1) is 0 Å². The van der Waals surface area contributed by atoms with Crippen molar-refractivity contribution in [3.05, 3.63) is 11.6 Å². The maximum atomic E-state index is 12.9. The van der Waals surface area contributed by atoms with Crippen molar-refractivity contribution in [1.82, 2.24) is 0 Å². The molecule has 186 valence electrons. The van der Waals surface area contributed by atoms with Crippen molar-refractivity contribution in [3.63, 3.8) is 0 Å². The van der Waals surface area contributed by atoms with E-state index in [2.05, 4.69) is 47.6 Å². The highest BCUT2D eigenvalue weighted by atomic mass is 16.3. The molecule has 0 bridgehead atoms. The minimum atomic E-state index is -0.204. The largest absolute Gasteiger partial charge is 0.396 e. The molecule has 3 heteroatoms.